The highest BCUT2D eigenvalue weighted by Crippen LogP contribution is 2.32. The van der Waals surface area contributed by atoms with E-state index in [4.69, 9.17) is 23.2 Å². The lowest BCUT2D eigenvalue weighted by molar-refractivity contribution is 0.361. The molecule has 1 aliphatic rings. The van der Waals surface area contributed by atoms with Crippen LogP contribution in [-0.2, 0) is 0 Å². The van der Waals surface area contributed by atoms with Crippen molar-refractivity contribution >= 4 is 34.8 Å². The van der Waals surface area contributed by atoms with Crippen LogP contribution < -0.4 is 10.2 Å². The molecule has 0 aromatic carbocycles. The zero-order valence-electron chi connectivity index (χ0n) is 12.3. The Kier molecular flexibility index (Phi) is 5.79. The van der Waals surface area contributed by atoms with Gasteiger partial charge in [-0.15, -0.1) is 0 Å². The maximum atomic E-state index is 6.30. The van der Waals surface area contributed by atoms with Crippen molar-refractivity contribution in [1.29, 1.82) is 0 Å². The Morgan fingerprint density at radius 1 is 1.25 bits per heavy atom. The van der Waals surface area contributed by atoms with Gasteiger partial charge in [-0.1, -0.05) is 42.5 Å². The molecule has 0 saturated heterocycles. The molecule has 3 nitrogen and oxygen atoms in total. The molecule has 0 unspecified atom stereocenters. The number of pyridine rings is 1. The summed E-state index contributed by atoms with van der Waals surface area (Å²) in [5.74, 6) is 2.28. The molecule has 2 rings (SSSR count). The highest BCUT2D eigenvalue weighted by Gasteiger charge is 2.18. The Balaban J connectivity index is 2.11. The van der Waals surface area contributed by atoms with Crippen LogP contribution in [0.25, 0.3) is 0 Å². The summed E-state index contributed by atoms with van der Waals surface area (Å²) in [5.41, 5.74) is 0. The number of anilines is 2. The van der Waals surface area contributed by atoms with Crippen molar-refractivity contribution in [2.45, 2.75) is 39.0 Å². The van der Waals surface area contributed by atoms with Gasteiger partial charge >= 0.3 is 0 Å². The minimum atomic E-state index is 0.576. The van der Waals surface area contributed by atoms with Gasteiger partial charge in [0.1, 0.15) is 11.6 Å². The summed E-state index contributed by atoms with van der Waals surface area (Å²) in [4.78, 5) is 6.74. The van der Waals surface area contributed by atoms with E-state index in [1.165, 1.54) is 32.1 Å². The smallest absolute Gasteiger partial charge is 0.149 e. The molecular weight excluding hydrogens is 293 g/mol. The monoisotopic (exact) mass is 315 g/mol. The standard InChI is InChI=1S/C15H23Cl2N3/c1-3-18-14-12(16)9-13(17)15(19-14)20(2)10-11-7-5-4-6-8-11/h9,11H,3-8,10H2,1-2H3,(H,18,19). The first kappa shape index (κ1) is 15.7. The van der Waals surface area contributed by atoms with E-state index in [9.17, 15) is 0 Å². The summed E-state index contributed by atoms with van der Waals surface area (Å²) in [6, 6.07) is 1.78. The first-order chi connectivity index (χ1) is 9.61. The van der Waals surface area contributed by atoms with Crippen molar-refractivity contribution in [3.63, 3.8) is 0 Å². The lowest BCUT2D eigenvalue weighted by Gasteiger charge is -2.28. The van der Waals surface area contributed by atoms with Crippen LogP contribution in [0.1, 0.15) is 39.0 Å². The third kappa shape index (κ3) is 3.92. The molecular formula is C15H23Cl2N3. The zero-order valence-corrected chi connectivity index (χ0v) is 13.8. The SMILES string of the molecule is CCNc1nc(N(C)CC2CCCCC2)c(Cl)cc1Cl. The summed E-state index contributed by atoms with van der Waals surface area (Å²) < 4.78 is 0. The Labute approximate surface area is 131 Å². The topological polar surface area (TPSA) is 28.2 Å². The second kappa shape index (κ2) is 7.37. The average molecular weight is 316 g/mol. The Hall–Kier alpha value is -0.670. The minimum Gasteiger partial charge on any atom is -0.369 e. The Morgan fingerprint density at radius 3 is 2.60 bits per heavy atom. The van der Waals surface area contributed by atoms with E-state index < -0.39 is 0 Å². The Morgan fingerprint density at radius 2 is 1.95 bits per heavy atom. The van der Waals surface area contributed by atoms with Crippen molar-refractivity contribution in [2.75, 3.05) is 30.4 Å². The molecule has 0 radical (unpaired) electrons. The number of rotatable bonds is 5. The van der Waals surface area contributed by atoms with E-state index in [0.717, 1.165) is 24.8 Å². The number of hydrogen-bond donors (Lipinski definition) is 1. The van der Waals surface area contributed by atoms with Gasteiger partial charge in [0.2, 0.25) is 0 Å². The van der Waals surface area contributed by atoms with Crippen LogP contribution in [0.5, 0.6) is 0 Å². The highest BCUT2D eigenvalue weighted by molar-refractivity contribution is 6.37. The second-order valence-electron chi connectivity index (χ2n) is 5.54. The molecule has 0 bridgehead atoms. The molecule has 1 fully saturated rings. The quantitative estimate of drug-likeness (QED) is 0.843. The average Bonchev–Trinajstić information content (AvgIpc) is 2.43. The predicted molar refractivity (Wildman–Crippen MR) is 88.3 cm³/mol. The van der Waals surface area contributed by atoms with Crippen molar-refractivity contribution < 1.29 is 0 Å². The largest absolute Gasteiger partial charge is 0.369 e. The van der Waals surface area contributed by atoms with Crippen LogP contribution in [0.3, 0.4) is 0 Å². The van der Waals surface area contributed by atoms with Gasteiger partial charge in [-0.3, -0.25) is 0 Å². The van der Waals surface area contributed by atoms with E-state index in [2.05, 4.69) is 22.2 Å². The third-order valence-corrected chi connectivity index (χ3v) is 4.44. The molecule has 1 N–H and O–H groups in total. The molecule has 1 heterocycles. The molecule has 112 valence electrons. The maximum Gasteiger partial charge on any atom is 0.149 e. The van der Waals surface area contributed by atoms with Gasteiger partial charge in [0, 0.05) is 20.1 Å². The number of hydrogen-bond acceptors (Lipinski definition) is 3. The van der Waals surface area contributed by atoms with Gasteiger partial charge in [-0.25, -0.2) is 4.98 Å². The fraction of sp³-hybridized carbons (Fsp3) is 0.667. The fourth-order valence-electron chi connectivity index (χ4n) is 2.86. The molecule has 0 aliphatic heterocycles. The number of aromatic nitrogens is 1. The molecule has 20 heavy (non-hydrogen) atoms. The molecule has 0 spiro atoms. The highest BCUT2D eigenvalue weighted by atomic mass is 35.5. The van der Waals surface area contributed by atoms with Gasteiger partial charge in [-0.2, -0.15) is 0 Å². The first-order valence-electron chi connectivity index (χ1n) is 7.42. The van der Waals surface area contributed by atoms with Crippen molar-refractivity contribution in [3.05, 3.63) is 16.1 Å². The molecule has 0 amide bonds. The van der Waals surface area contributed by atoms with Crippen LogP contribution in [0.4, 0.5) is 11.6 Å². The zero-order chi connectivity index (χ0) is 14.5. The van der Waals surface area contributed by atoms with Gasteiger partial charge in [0.25, 0.3) is 0 Å². The number of halogens is 2. The summed E-state index contributed by atoms with van der Waals surface area (Å²) in [6.07, 6.45) is 6.71. The van der Waals surface area contributed by atoms with Crippen molar-refractivity contribution in [2.24, 2.45) is 5.92 Å². The predicted octanol–water partition coefficient (Wildman–Crippen LogP) is 4.84. The summed E-state index contributed by atoms with van der Waals surface area (Å²) in [5, 5.41) is 4.37. The van der Waals surface area contributed by atoms with E-state index in [1.54, 1.807) is 6.07 Å². The van der Waals surface area contributed by atoms with Crippen LogP contribution in [0.15, 0.2) is 6.07 Å². The summed E-state index contributed by atoms with van der Waals surface area (Å²) in [7, 11) is 2.06. The lowest BCUT2D eigenvalue weighted by Crippen LogP contribution is -2.28. The summed E-state index contributed by atoms with van der Waals surface area (Å²) >= 11 is 12.4. The molecule has 1 saturated carbocycles. The van der Waals surface area contributed by atoms with E-state index in [1.807, 2.05) is 6.92 Å². The van der Waals surface area contributed by atoms with Gasteiger partial charge < -0.3 is 10.2 Å². The molecule has 0 atom stereocenters. The second-order valence-corrected chi connectivity index (χ2v) is 6.35. The van der Waals surface area contributed by atoms with Crippen LogP contribution in [0.2, 0.25) is 10.0 Å². The van der Waals surface area contributed by atoms with Crippen molar-refractivity contribution in [1.82, 2.24) is 4.98 Å². The fourth-order valence-corrected chi connectivity index (χ4v) is 3.43. The van der Waals surface area contributed by atoms with Crippen LogP contribution in [0, 0.1) is 5.92 Å². The van der Waals surface area contributed by atoms with E-state index in [-0.39, 0.29) is 0 Å². The molecule has 1 aromatic rings. The summed E-state index contributed by atoms with van der Waals surface area (Å²) in [6.45, 7) is 3.83. The van der Waals surface area contributed by atoms with Gasteiger partial charge in [0.05, 0.1) is 10.0 Å². The Bertz CT molecular complexity index is 445. The number of nitrogens with one attached hydrogen (secondary N) is 1. The normalized spacial score (nSPS) is 16.2. The number of nitrogens with zero attached hydrogens (tertiary/aromatic N) is 2. The maximum absolute atomic E-state index is 6.30. The molecule has 1 aliphatic carbocycles. The van der Waals surface area contributed by atoms with E-state index >= 15 is 0 Å². The molecule has 5 heteroatoms. The van der Waals surface area contributed by atoms with Crippen LogP contribution >= 0.6 is 23.2 Å². The van der Waals surface area contributed by atoms with Gasteiger partial charge in [0.15, 0.2) is 0 Å². The molecule has 1 aromatic heterocycles. The third-order valence-electron chi connectivity index (χ3n) is 3.87. The van der Waals surface area contributed by atoms with Crippen LogP contribution in [-0.4, -0.2) is 25.1 Å². The minimum absolute atomic E-state index is 0.576. The first-order valence-corrected chi connectivity index (χ1v) is 8.18. The lowest BCUT2D eigenvalue weighted by atomic mass is 9.89. The van der Waals surface area contributed by atoms with Crippen molar-refractivity contribution in [3.8, 4) is 0 Å². The van der Waals surface area contributed by atoms with Gasteiger partial charge in [-0.05, 0) is 31.7 Å². The van der Waals surface area contributed by atoms with E-state index in [0.29, 0.717) is 15.9 Å².